The summed E-state index contributed by atoms with van der Waals surface area (Å²) >= 11 is 0. The number of hydrogen-bond acceptors (Lipinski definition) is 4. The Hall–Kier alpha value is -1.72. The van der Waals surface area contributed by atoms with Crippen molar-refractivity contribution in [3.05, 3.63) is 5.69 Å². The number of nitrogens with two attached hydrogens (primary N) is 2. The second-order valence-electron chi connectivity index (χ2n) is 5.15. The Labute approximate surface area is 108 Å². The molecule has 0 aliphatic rings. The molecule has 0 fully saturated rings. The first kappa shape index (κ1) is 14.3. The third kappa shape index (κ3) is 2.75. The van der Waals surface area contributed by atoms with Gasteiger partial charge >= 0.3 is 0 Å². The summed E-state index contributed by atoms with van der Waals surface area (Å²) in [7, 11) is 0. The molecule has 1 aromatic rings. The SMILES string of the molecule is Cc1nn(C(C)C)c(NC(C(N)=O)C(C)C)c1N. The summed E-state index contributed by atoms with van der Waals surface area (Å²) in [5.41, 5.74) is 12.7. The fourth-order valence-electron chi connectivity index (χ4n) is 1.79. The highest BCUT2D eigenvalue weighted by atomic mass is 16.1. The molecule has 0 saturated carbocycles. The maximum atomic E-state index is 11.4. The van der Waals surface area contributed by atoms with Crippen LogP contribution in [0.2, 0.25) is 0 Å². The molecule has 1 atom stereocenters. The highest BCUT2D eigenvalue weighted by Crippen LogP contribution is 2.27. The molecule has 0 radical (unpaired) electrons. The zero-order valence-electron chi connectivity index (χ0n) is 11.7. The molecule has 1 amide bonds. The van der Waals surface area contributed by atoms with Crippen LogP contribution in [0.4, 0.5) is 11.5 Å². The number of rotatable bonds is 5. The normalized spacial score (nSPS) is 13.1. The summed E-state index contributed by atoms with van der Waals surface area (Å²) in [6.07, 6.45) is 0. The Balaban J connectivity index is 3.12. The summed E-state index contributed by atoms with van der Waals surface area (Å²) in [6, 6.07) is -0.301. The van der Waals surface area contributed by atoms with Crippen molar-refractivity contribution in [1.29, 1.82) is 0 Å². The summed E-state index contributed by atoms with van der Waals surface area (Å²) in [4.78, 5) is 11.4. The van der Waals surface area contributed by atoms with E-state index in [2.05, 4.69) is 10.4 Å². The number of amides is 1. The molecular weight excluding hydrogens is 230 g/mol. The van der Waals surface area contributed by atoms with Crippen LogP contribution in [0.3, 0.4) is 0 Å². The Morgan fingerprint density at radius 3 is 2.28 bits per heavy atom. The predicted molar refractivity (Wildman–Crippen MR) is 73.2 cm³/mol. The highest BCUT2D eigenvalue weighted by molar-refractivity contribution is 5.84. The molecular formula is C12H23N5O. The highest BCUT2D eigenvalue weighted by Gasteiger charge is 2.23. The van der Waals surface area contributed by atoms with Crippen molar-refractivity contribution < 1.29 is 4.79 Å². The lowest BCUT2D eigenvalue weighted by Crippen LogP contribution is -2.40. The van der Waals surface area contributed by atoms with Gasteiger partial charge in [0.05, 0.1) is 11.4 Å². The third-order valence-corrected chi connectivity index (χ3v) is 2.89. The van der Waals surface area contributed by atoms with E-state index >= 15 is 0 Å². The van der Waals surface area contributed by atoms with E-state index in [1.54, 1.807) is 4.68 Å². The van der Waals surface area contributed by atoms with Crippen molar-refractivity contribution in [1.82, 2.24) is 9.78 Å². The van der Waals surface area contributed by atoms with Crippen LogP contribution >= 0.6 is 0 Å². The molecule has 0 bridgehead atoms. The summed E-state index contributed by atoms with van der Waals surface area (Å²) in [5.74, 6) is 0.358. The van der Waals surface area contributed by atoms with Crippen LogP contribution in [0.1, 0.15) is 39.4 Å². The van der Waals surface area contributed by atoms with Gasteiger partial charge in [0.2, 0.25) is 5.91 Å². The number of hydrogen-bond donors (Lipinski definition) is 3. The number of nitrogens with zero attached hydrogens (tertiary/aromatic N) is 2. The minimum absolute atomic E-state index is 0.0812. The van der Waals surface area contributed by atoms with Crippen molar-refractivity contribution in [2.75, 3.05) is 11.1 Å². The van der Waals surface area contributed by atoms with E-state index in [9.17, 15) is 4.79 Å². The Morgan fingerprint density at radius 2 is 1.89 bits per heavy atom. The van der Waals surface area contributed by atoms with E-state index in [-0.39, 0.29) is 12.0 Å². The second kappa shape index (κ2) is 5.29. The zero-order valence-corrected chi connectivity index (χ0v) is 11.7. The average molecular weight is 253 g/mol. The van der Waals surface area contributed by atoms with Crippen molar-refractivity contribution >= 4 is 17.4 Å². The average Bonchev–Trinajstić information content (AvgIpc) is 2.52. The van der Waals surface area contributed by atoms with E-state index < -0.39 is 11.9 Å². The van der Waals surface area contributed by atoms with Gasteiger partial charge in [-0.05, 0) is 26.7 Å². The lowest BCUT2D eigenvalue weighted by atomic mass is 10.0. The Bertz CT molecular complexity index is 436. The molecule has 1 aromatic heterocycles. The van der Waals surface area contributed by atoms with Crippen LogP contribution in [0.5, 0.6) is 0 Å². The quantitative estimate of drug-likeness (QED) is 0.736. The standard InChI is InChI=1S/C12H23N5O/c1-6(2)10(11(14)18)15-12-9(13)8(5)16-17(12)7(3)4/h6-7,10,15H,13H2,1-5H3,(H2,14,18). The number of aryl methyl sites for hydroxylation is 1. The van der Waals surface area contributed by atoms with E-state index in [0.717, 1.165) is 5.69 Å². The number of carbonyl (C=O) groups excluding carboxylic acids is 1. The number of carbonyl (C=O) groups is 1. The molecule has 5 N–H and O–H groups in total. The molecule has 18 heavy (non-hydrogen) atoms. The molecule has 0 spiro atoms. The first-order valence-corrected chi connectivity index (χ1v) is 6.16. The maximum Gasteiger partial charge on any atom is 0.240 e. The molecule has 102 valence electrons. The lowest BCUT2D eigenvalue weighted by molar-refractivity contribution is -0.119. The zero-order chi connectivity index (χ0) is 14.0. The number of primary amides is 1. The minimum Gasteiger partial charge on any atom is -0.394 e. The van der Waals surface area contributed by atoms with Gasteiger partial charge in [0.25, 0.3) is 0 Å². The van der Waals surface area contributed by atoms with Gasteiger partial charge in [-0.1, -0.05) is 13.8 Å². The van der Waals surface area contributed by atoms with Gasteiger partial charge in [-0.25, -0.2) is 4.68 Å². The maximum absolute atomic E-state index is 11.4. The summed E-state index contributed by atoms with van der Waals surface area (Å²) in [6.45, 7) is 9.72. The van der Waals surface area contributed by atoms with Gasteiger partial charge in [0.1, 0.15) is 11.9 Å². The van der Waals surface area contributed by atoms with Crippen molar-refractivity contribution in [3.63, 3.8) is 0 Å². The summed E-state index contributed by atoms with van der Waals surface area (Å²) < 4.78 is 1.78. The fourth-order valence-corrected chi connectivity index (χ4v) is 1.79. The van der Waals surface area contributed by atoms with Crippen LogP contribution < -0.4 is 16.8 Å². The number of aromatic nitrogens is 2. The third-order valence-electron chi connectivity index (χ3n) is 2.89. The molecule has 1 heterocycles. The molecule has 1 rings (SSSR count). The first-order valence-electron chi connectivity index (χ1n) is 6.16. The minimum atomic E-state index is -0.458. The van der Waals surface area contributed by atoms with Gasteiger partial charge in [-0.15, -0.1) is 0 Å². The van der Waals surface area contributed by atoms with Crippen LogP contribution in [0, 0.1) is 12.8 Å². The van der Waals surface area contributed by atoms with E-state index in [1.807, 2.05) is 34.6 Å². The molecule has 0 saturated heterocycles. The Kier molecular flexibility index (Phi) is 4.21. The van der Waals surface area contributed by atoms with Crippen LogP contribution in [-0.4, -0.2) is 21.7 Å². The van der Waals surface area contributed by atoms with Crippen LogP contribution in [-0.2, 0) is 4.79 Å². The molecule has 1 unspecified atom stereocenters. The van der Waals surface area contributed by atoms with E-state index in [0.29, 0.717) is 11.5 Å². The topological polar surface area (TPSA) is 99.0 Å². The monoisotopic (exact) mass is 253 g/mol. The van der Waals surface area contributed by atoms with Crippen molar-refractivity contribution in [2.24, 2.45) is 11.7 Å². The molecule has 0 aromatic carbocycles. The molecule has 6 heteroatoms. The first-order chi connectivity index (χ1) is 8.25. The predicted octanol–water partition coefficient (Wildman–Crippen LogP) is 1.28. The van der Waals surface area contributed by atoms with E-state index in [4.69, 9.17) is 11.5 Å². The number of nitrogen functional groups attached to an aromatic ring is 1. The van der Waals surface area contributed by atoms with Gasteiger partial charge in [-0.2, -0.15) is 5.10 Å². The van der Waals surface area contributed by atoms with Crippen molar-refractivity contribution in [2.45, 2.75) is 46.7 Å². The van der Waals surface area contributed by atoms with Gasteiger partial charge in [-0.3, -0.25) is 4.79 Å². The molecule has 0 aliphatic carbocycles. The van der Waals surface area contributed by atoms with Crippen LogP contribution in [0.25, 0.3) is 0 Å². The molecule has 0 aliphatic heterocycles. The van der Waals surface area contributed by atoms with Crippen LogP contribution in [0.15, 0.2) is 0 Å². The van der Waals surface area contributed by atoms with E-state index in [1.165, 1.54) is 0 Å². The second-order valence-corrected chi connectivity index (χ2v) is 5.15. The largest absolute Gasteiger partial charge is 0.394 e. The van der Waals surface area contributed by atoms with Crippen molar-refractivity contribution in [3.8, 4) is 0 Å². The van der Waals surface area contributed by atoms with Gasteiger partial charge < -0.3 is 16.8 Å². The molecule has 6 nitrogen and oxygen atoms in total. The van der Waals surface area contributed by atoms with Gasteiger partial charge in [0, 0.05) is 6.04 Å². The fraction of sp³-hybridized carbons (Fsp3) is 0.667. The smallest absolute Gasteiger partial charge is 0.240 e. The van der Waals surface area contributed by atoms with Gasteiger partial charge in [0.15, 0.2) is 0 Å². The number of anilines is 2. The Morgan fingerprint density at radius 1 is 1.33 bits per heavy atom. The lowest BCUT2D eigenvalue weighted by Gasteiger charge is -2.22. The summed E-state index contributed by atoms with van der Waals surface area (Å²) in [5, 5.41) is 7.48. The number of nitrogens with one attached hydrogen (secondary N) is 1.